The Morgan fingerprint density at radius 2 is 2.21 bits per heavy atom. The van der Waals surface area contributed by atoms with Gasteiger partial charge in [0.05, 0.1) is 11.6 Å². The van der Waals surface area contributed by atoms with E-state index in [-0.39, 0.29) is 5.54 Å². The molecule has 1 aliphatic rings. The van der Waals surface area contributed by atoms with Gasteiger partial charge in [-0.05, 0) is 53.9 Å². The van der Waals surface area contributed by atoms with Crippen LogP contribution in [0.25, 0.3) is 0 Å². The lowest BCUT2D eigenvalue weighted by atomic mass is 10.2. The van der Waals surface area contributed by atoms with Crippen LogP contribution in [0.5, 0.6) is 0 Å². The topological polar surface area (TPSA) is 35.8 Å². The smallest absolute Gasteiger partial charge is 0.0992 e. The van der Waals surface area contributed by atoms with Gasteiger partial charge in [-0.2, -0.15) is 5.26 Å². The molecule has 0 aliphatic heterocycles. The third-order valence-electron chi connectivity index (χ3n) is 2.53. The molecule has 1 fully saturated rings. The van der Waals surface area contributed by atoms with Gasteiger partial charge in [0, 0.05) is 15.7 Å². The molecular formula is C11H11BrN2. The number of halogens is 1. The van der Waals surface area contributed by atoms with E-state index in [0.29, 0.717) is 5.56 Å². The number of nitrogens with zero attached hydrogens (tertiary/aromatic N) is 1. The van der Waals surface area contributed by atoms with Crippen molar-refractivity contribution in [3.8, 4) is 6.07 Å². The molecule has 0 spiro atoms. The number of hydrogen-bond donors (Lipinski definition) is 1. The van der Waals surface area contributed by atoms with Gasteiger partial charge >= 0.3 is 0 Å². The van der Waals surface area contributed by atoms with Gasteiger partial charge in [0.1, 0.15) is 0 Å². The largest absolute Gasteiger partial charge is 0.379 e. The standard InChI is InChI=1S/C11H11BrN2/c1-11(4-5-11)14-10-3-2-8(7-13)6-9(10)12/h2-3,6,14H,4-5H2,1H3. The Bertz CT molecular complexity index is 402. The Labute approximate surface area is 92.1 Å². The molecular weight excluding hydrogens is 240 g/mol. The zero-order chi connectivity index (χ0) is 10.2. The Morgan fingerprint density at radius 1 is 1.50 bits per heavy atom. The highest BCUT2D eigenvalue weighted by atomic mass is 79.9. The van der Waals surface area contributed by atoms with Gasteiger partial charge in [0.2, 0.25) is 0 Å². The quantitative estimate of drug-likeness (QED) is 0.875. The fourth-order valence-electron chi connectivity index (χ4n) is 1.32. The average Bonchev–Trinajstić information content (AvgIpc) is 2.88. The second-order valence-corrected chi connectivity index (χ2v) is 4.85. The van der Waals surface area contributed by atoms with E-state index in [0.717, 1.165) is 10.2 Å². The van der Waals surface area contributed by atoms with E-state index in [4.69, 9.17) is 5.26 Å². The van der Waals surface area contributed by atoms with Crippen molar-refractivity contribution in [3.63, 3.8) is 0 Å². The van der Waals surface area contributed by atoms with Gasteiger partial charge in [-0.3, -0.25) is 0 Å². The van der Waals surface area contributed by atoms with E-state index >= 15 is 0 Å². The van der Waals surface area contributed by atoms with Gasteiger partial charge in [-0.1, -0.05) is 0 Å². The highest BCUT2D eigenvalue weighted by Gasteiger charge is 2.37. The molecule has 0 amide bonds. The summed E-state index contributed by atoms with van der Waals surface area (Å²) in [5, 5.41) is 12.2. The minimum atomic E-state index is 0.274. The van der Waals surface area contributed by atoms with Crippen LogP contribution in [0.1, 0.15) is 25.3 Å². The number of rotatable bonds is 2. The summed E-state index contributed by atoms with van der Waals surface area (Å²) in [6, 6.07) is 7.74. The van der Waals surface area contributed by atoms with E-state index in [1.54, 1.807) is 0 Å². The van der Waals surface area contributed by atoms with Crippen LogP contribution in [0.2, 0.25) is 0 Å². The lowest BCUT2D eigenvalue weighted by Crippen LogP contribution is -2.16. The zero-order valence-electron chi connectivity index (χ0n) is 7.97. The van der Waals surface area contributed by atoms with E-state index in [2.05, 4.69) is 34.2 Å². The molecule has 0 aromatic heterocycles. The first-order valence-corrected chi connectivity index (χ1v) is 5.40. The van der Waals surface area contributed by atoms with Crippen molar-refractivity contribution in [3.05, 3.63) is 28.2 Å². The van der Waals surface area contributed by atoms with Crippen molar-refractivity contribution < 1.29 is 0 Å². The molecule has 1 aromatic carbocycles. The summed E-state index contributed by atoms with van der Waals surface area (Å²) in [5.74, 6) is 0. The van der Waals surface area contributed by atoms with Crippen LogP contribution in [0.3, 0.4) is 0 Å². The molecule has 0 bridgehead atoms. The van der Waals surface area contributed by atoms with Crippen molar-refractivity contribution in [2.45, 2.75) is 25.3 Å². The molecule has 0 radical (unpaired) electrons. The summed E-state index contributed by atoms with van der Waals surface area (Å²) in [5.41, 5.74) is 2.03. The van der Waals surface area contributed by atoms with Gasteiger partial charge in [-0.15, -0.1) is 0 Å². The second-order valence-electron chi connectivity index (χ2n) is 3.99. The van der Waals surface area contributed by atoms with Crippen LogP contribution in [0.4, 0.5) is 5.69 Å². The first kappa shape index (κ1) is 9.54. The molecule has 3 heteroatoms. The summed E-state index contributed by atoms with van der Waals surface area (Å²) >= 11 is 3.45. The van der Waals surface area contributed by atoms with Crippen molar-refractivity contribution in [2.75, 3.05) is 5.32 Å². The van der Waals surface area contributed by atoms with Crippen molar-refractivity contribution in [1.29, 1.82) is 5.26 Å². The zero-order valence-corrected chi connectivity index (χ0v) is 9.56. The monoisotopic (exact) mass is 250 g/mol. The summed E-state index contributed by atoms with van der Waals surface area (Å²) in [4.78, 5) is 0. The average molecular weight is 251 g/mol. The maximum absolute atomic E-state index is 8.71. The molecule has 1 saturated carbocycles. The SMILES string of the molecule is CC1(Nc2ccc(C#N)cc2Br)CC1. The van der Waals surface area contributed by atoms with Crippen LogP contribution < -0.4 is 5.32 Å². The van der Waals surface area contributed by atoms with Gasteiger partial charge in [0.15, 0.2) is 0 Å². The highest BCUT2D eigenvalue weighted by Crippen LogP contribution is 2.39. The van der Waals surface area contributed by atoms with Crippen LogP contribution in [0, 0.1) is 11.3 Å². The number of nitriles is 1. The molecule has 0 unspecified atom stereocenters. The second kappa shape index (κ2) is 3.29. The lowest BCUT2D eigenvalue weighted by molar-refractivity contribution is 0.828. The number of anilines is 1. The van der Waals surface area contributed by atoms with Gasteiger partial charge in [-0.25, -0.2) is 0 Å². The molecule has 0 saturated heterocycles. The van der Waals surface area contributed by atoms with Crippen molar-refractivity contribution in [1.82, 2.24) is 0 Å². The predicted octanol–water partition coefficient (Wildman–Crippen LogP) is 3.29. The summed E-state index contributed by atoms with van der Waals surface area (Å²) in [7, 11) is 0. The van der Waals surface area contributed by atoms with Gasteiger partial charge in [0.25, 0.3) is 0 Å². The lowest BCUT2D eigenvalue weighted by Gasteiger charge is -2.14. The number of nitrogens with one attached hydrogen (secondary N) is 1. The Morgan fingerprint density at radius 3 is 2.71 bits per heavy atom. The molecule has 72 valence electrons. The van der Waals surface area contributed by atoms with Crippen LogP contribution in [-0.4, -0.2) is 5.54 Å². The first-order chi connectivity index (χ1) is 6.63. The predicted molar refractivity (Wildman–Crippen MR) is 60.1 cm³/mol. The first-order valence-electron chi connectivity index (χ1n) is 4.61. The Balaban J connectivity index is 2.23. The Kier molecular flexibility index (Phi) is 2.24. The minimum Gasteiger partial charge on any atom is -0.379 e. The Hall–Kier alpha value is -1.01. The van der Waals surface area contributed by atoms with Crippen LogP contribution in [-0.2, 0) is 0 Å². The third kappa shape index (κ3) is 1.91. The molecule has 0 heterocycles. The summed E-state index contributed by atoms with van der Waals surface area (Å²) < 4.78 is 0.963. The van der Waals surface area contributed by atoms with E-state index < -0.39 is 0 Å². The summed E-state index contributed by atoms with van der Waals surface area (Å²) in [6.07, 6.45) is 2.44. The van der Waals surface area contributed by atoms with Crippen LogP contribution >= 0.6 is 15.9 Å². The van der Waals surface area contributed by atoms with E-state index in [9.17, 15) is 0 Å². The molecule has 2 nitrogen and oxygen atoms in total. The minimum absolute atomic E-state index is 0.274. The maximum Gasteiger partial charge on any atom is 0.0992 e. The summed E-state index contributed by atoms with van der Waals surface area (Å²) in [6.45, 7) is 2.21. The number of hydrogen-bond acceptors (Lipinski definition) is 2. The fraction of sp³-hybridized carbons (Fsp3) is 0.364. The van der Waals surface area contributed by atoms with Crippen LogP contribution in [0.15, 0.2) is 22.7 Å². The molecule has 1 aromatic rings. The molecule has 0 atom stereocenters. The molecule has 1 N–H and O–H groups in total. The van der Waals surface area contributed by atoms with E-state index in [1.165, 1.54) is 12.8 Å². The molecule has 2 rings (SSSR count). The highest BCUT2D eigenvalue weighted by molar-refractivity contribution is 9.10. The molecule has 1 aliphatic carbocycles. The third-order valence-corrected chi connectivity index (χ3v) is 3.19. The number of benzene rings is 1. The molecule has 14 heavy (non-hydrogen) atoms. The van der Waals surface area contributed by atoms with Crippen molar-refractivity contribution >= 4 is 21.6 Å². The normalized spacial score (nSPS) is 17.2. The van der Waals surface area contributed by atoms with E-state index in [1.807, 2.05) is 18.2 Å². The van der Waals surface area contributed by atoms with Crippen molar-refractivity contribution in [2.24, 2.45) is 0 Å². The maximum atomic E-state index is 8.71. The van der Waals surface area contributed by atoms with Gasteiger partial charge < -0.3 is 5.32 Å². The fourth-order valence-corrected chi connectivity index (χ4v) is 1.80.